The van der Waals surface area contributed by atoms with Gasteiger partial charge in [-0.1, -0.05) is 37.7 Å². The van der Waals surface area contributed by atoms with Crippen LogP contribution in [0.4, 0.5) is 13.2 Å². The quantitative estimate of drug-likeness (QED) is 0.675. The van der Waals surface area contributed by atoms with Crippen molar-refractivity contribution in [3.05, 3.63) is 46.7 Å². The van der Waals surface area contributed by atoms with Gasteiger partial charge in [-0.3, -0.25) is 14.5 Å². The normalized spacial score (nSPS) is 24.7. The minimum atomic E-state index is -4.44. The van der Waals surface area contributed by atoms with Crippen LogP contribution in [0.25, 0.3) is 0 Å². The lowest BCUT2D eigenvalue weighted by Gasteiger charge is -2.43. The number of amidine groups is 1. The van der Waals surface area contributed by atoms with Crippen molar-refractivity contribution in [1.29, 1.82) is 0 Å². The topological polar surface area (TPSA) is 49.7 Å². The molecule has 0 saturated carbocycles. The van der Waals surface area contributed by atoms with Gasteiger partial charge in [0.1, 0.15) is 0 Å². The maximum absolute atomic E-state index is 13.0. The van der Waals surface area contributed by atoms with Crippen LogP contribution in [-0.2, 0) is 15.8 Å². The van der Waals surface area contributed by atoms with Gasteiger partial charge >= 0.3 is 6.18 Å². The lowest BCUT2D eigenvalue weighted by Crippen LogP contribution is -2.47. The molecule has 28 heavy (non-hydrogen) atoms. The van der Waals surface area contributed by atoms with Gasteiger partial charge in [0.25, 0.3) is 0 Å². The number of rotatable bonds is 1. The summed E-state index contributed by atoms with van der Waals surface area (Å²) < 4.78 is 38.9. The van der Waals surface area contributed by atoms with E-state index in [1.165, 1.54) is 28.8 Å². The van der Waals surface area contributed by atoms with Crippen molar-refractivity contribution in [3.63, 3.8) is 0 Å². The first-order valence-corrected chi connectivity index (χ1v) is 10.0. The van der Waals surface area contributed by atoms with Crippen LogP contribution in [0.3, 0.4) is 0 Å². The van der Waals surface area contributed by atoms with Crippen LogP contribution >= 0.6 is 11.8 Å². The van der Waals surface area contributed by atoms with E-state index >= 15 is 0 Å². The Hall–Kier alpha value is -2.09. The maximum atomic E-state index is 13.0. The molecule has 4 rings (SSSR count). The second-order valence-electron chi connectivity index (χ2n) is 8.08. The molecule has 1 atom stereocenters. The SMILES string of the molecule is CC1(C)CC(=O)C2=C(C1)N=C1SCCC(=O)N1[C@@H]2c1ccc(C(F)(F)F)cc1. The third-order valence-electron chi connectivity index (χ3n) is 5.23. The number of allylic oxidation sites excluding steroid dienone is 1. The summed E-state index contributed by atoms with van der Waals surface area (Å²) in [6.07, 6.45) is -3.22. The van der Waals surface area contributed by atoms with E-state index in [0.29, 0.717) is 47.0 Å². The highest BCUT2D eigenvalue weighted by atomic mass is 32.2. The molecule has 0 unspecified atom stereocenters. The lowest BCUT2D eigenvalue weighted by molar-refractivity contribution is -0.137. The number of carbonyl (C=O) groups is 2. The van der Waals surface area contributed by atoms with Crippen LogP contribution in [0.15, 0.2) is 40.5 Å². The molecular formula is C20H19F3N2O2S. The van der Waals surface area contributed by atoms with Crippen LogP contribution < -0.4 is 0 Å². The summed E-state index contributed by atoms with van der Waals surface area (Å²) in [6, 6.07) is 4.01. The molecule has 0 bridgehead atoms. The predicted molar refractivity (Wildman–Crippen MR) is 101 cm³/mol. The van der Waals surface area contributed by atoms with Gasteiger partial charge in [0.15, 0.2) is 11.0 Å². The first-order chi connectivity index (χ1) is 13.1. The van der Waals surface area contributed by atoms with Crippen molar-refractivity contribution in [2.45, 2.75) is 45.3 Å². The molecular weight excluding hydrogens is 389 g/mol. The molecule has 0 spiro atoms. The Kier molecular flexibility index (Phi) is 4.45. The van der Waals surface area contributed by atoms with Gasteiger partial charge in [0.2, 0.25) is 5.91 Å². The van der Waals surface area contributed by atoms with Crippen LogP contribution in [0, 0.1) is 5.41 Å². The number of carbonyl (C=O) groups excluding carboxylic acids is 2. The Bertz CT molecular complexity index is 916. The lowest BCUT2D eigenvalue weighted by atomic mass is 9.73. The first-order valence-electron chi connectivity index (χ1n) is 9.04. The fraction of sp³-hybridized carbons (Fsp3) is 0.450. The number of amides is 1. The number of ketones is 1. The molecule has 0 radical (unpaired) electrons. The number of halogens is 3. The summed E-state index contributed by atoms with van der Waals surface area (Å²) in [5.41, 5.74) is 0.594. The predicted octanol–water partition coefficient (Wildman–Crippen LogP) is 4.72. The fourth-order valence-electron chi connectivity index (χ4n) is 3.99. The average Bonchev–Trinajstić information content (AvgIpc) is 2.58. The molecule has 148 valence electrons. The molecule has 0 aromatic heterocycles. The van der Waals surface area contributed by atoms with E-state index in [9.17, 15) is 22.8 Å². The van der Waals surface area contributed by atoms with Gasteiger partial charge in [-0.05, 0) is 29.5 Å². The Morgan fingerprint density at radius 2 is 1.82 bits per heavy atom. The summed E-state index contributed by atoms with van der Waals surface area (Å²) in [7, 11) is 0. The summed E-state index contributed by atoms with van der Waals surface area (Å²) in [6.45, 7) is 3.99. The highest BCUT2D eigenvalue weighted by molar-refractivity contribution is 8.14. The molecule has 1 aliphatic carbocycles. The summed E-state index contributed by atoms with van der Waals surface area (Å²) in [5.74, 6) is 0.349. The fourth-order valence-corrected chi connectivity index (χ4v) is 4.97. The van der Waals surface area contributed by atoms with Gasteiger partial charge in [0.05, 0.1) is 17.3 Å². The maximum Gasteiger partial charge on any atom is 0.416 e. The molecule has 8 heteroatoms. The van der Waals surface area contributed by atoms with Crippen molar-refractivity contribution < 1.29 is 22.8 Å². The zero-order valence-corrected chi connectivity index (χ0v) is 16.3. The van der Waals surface area contributed by atoms with Gasteiger partial charge in [-0.15, -0.1) is 0 Å². The number of nitrogens with zero attached hydrogens (tertiary/aromatic N) is 2. The second-order valence-corrected chi connectivity index (χ2v) is 9.14. The third kappa shape index (κ3) is 3.27. The summed E-state index contributed by atoms with van der Waals surface area (Å²) in [5, 5.41) is 0.533. The van der Waals surface area contributed by atoms with Crippen molar-refractivity contribution in [3.8, 4) is 0 Å². The van der Waals surface area contributed by atoms with Crippen LogP contribution in [0.5, 0.6) is 0 Å². The van der Waals surface area contributed by atoms with Gasteiger partial charge in [-0.2, -0.15) is 13.2 Å². The molecule has 2 heterocycles. The summed E-state index contributed by atoms with van der Waals surface area (Å²) in [4.78, 5) is 31.8. The Morgan fingerprint density at radius 1 is 1.14 bits per heavy atom. The molecule has 1 aromatic carbocycles. The molecule has 3 aliphatic rings. The Balaban J connectivity index is 1.85. The molecule has 1 fully saturated rings. The van der Waals surface area contributed by atoms with Gasteiger partial charge in [0, 0.05) is 24.2 Å². The number of alkyl halides is 3. The molecule has 1 aromatic rings. The number of fused-ring (bicyclic) bond motifs is 1. The zero-order chi connectivity index (χ0) is 20.3. The number of benzene rings is 1. The number of Topliss-reactive ketones (excluding diaryl/α,β-unsaturated/α-hetero) is 1. The van der Waals surface area contributed by atoms with E-state index in [0.717, 1.165) is 12.1 Å². The van der Waals surface area contributed by atoms with E-state index in [1.54, 1.807) is 0 Å². The van der Waals surface area contributed by atoms with Crippen LogP contribution in [0.1, 0.15) is 50.3 Å². The van der Waals surface area contributed by atoms with Crippen LogP contribution in [-0.4, -0.2) is 27.5 Å². The average molecular weight is 408 g/mol. The van der Waals surface area contributed by atoms with Crippen molar-refractivity contribution in [2.75, 3.05) is 5.75 Å². The van der Waals surface area contributed by atoms with E-state index < -0.39 is 17.8 Å². The van der Waals surface area contributed by atoms with E-state index in [1.807, 2.05) is 13.8 Å². The molecule has 4 nitrogen and oxygen atoms in total. The van der Waals surface area contributed by atoms with Crippen molar-refractivity contribution in [1.82, 2.24) is 4.90 Å². The first kappa shape index (κ1) is 19.2. The molecule has 2 aliphatic heterocycles. The number of thioether (sulfide) groups is 1. The highest BCUT2D eigenvalue weighted by Gasteiger charge is 2.45. The van der Waals surface area contributed by atoms with E-state index in [4.69, 9.17) is 0 Å². The number of aliphatic imine (C=N–C) groups is 1. The molecule has 1 amide bonds. The smallest absolute Gasteiger partial charge is 0.294 e. The Morgan fingerprint density at radius 3 is 2.46 bits per heavy atom. The van der Waals surface area contributed by atoms with E-state index in [2.05, 4.69) is 4.99 Å². The third-order valence-corrected chi connectivity index (χ3v) is 6.19. The number of hydrogen-bond acceptors (Lipinski definition) is 4. The van der Waals surface area contributed by atoms with Crippen molar-refractivity contribution >= 4 is 28.6 Å². The minimum absolute atomic E-state index is 0.0951. The number of hydrogen-bond donors (Lipinski definition) is 0. The standard InChI is InChI=1S/C20H19F3N2O2S/c1-19(2)9-13-16(14(26)10-19)17(25-15(27)7-8-28-18(25)24-13)11-3-5-12(6-4-11)20(21,22)23/h3-6,17H,7-10H2,1-2H3/t17-/m1/s1. The Labute approximate surface area is 164 Å². The van der Waals surface area contributed by atoms with Crippen LogP contribution in [0.2, 0.25) is 0 Å². The zero-order valence-electron chi connectivity index (χ0n) is 15.5. The second kappa shape index (κ2) is 6.47. The van der Waals surface area contributed by atoms with E-state index in [-0.39, 0.29) is 17.1 Å². The molecule has 0 N–H and O–H groups in total. The summed E-state index contributed by atoms with van der Waals surface area (Å²) >= 11 is 1.44. The monoisotopic (exact) mass is 408 g/mol. The minimum Gasteiger partial charge on any atom is -0.294 e. The highest BCUT2D eigenvalue weighted by Crippen LogP contribution is 2.48. The van der Waals surface area contributed by atoms with Gasteiger partial charge in [-0.25, -0.2) is 4.99 Å². The largest absolute Gasteiger partial charge is 0.416 e. The van der Waals surface area contributed by atoms with Gasteiger partial charge < -0.3 is 0 Å². The van der Waals surface area contributed by atoms with Crippen molar-refractivity contribution in [2.24, 2.45) is 10.4 Å². The molecule has 1 saturated heterocycles.